The van der Waals surface area contributed by atoms with Crippen LogP contribution >= 0.6 is 0 Å². The lowest BCUT2D eigenvalue weighted by atomic mass is 10.5. The Morgan fingerprint density at radius 3 is 1.92 bits per heavy atom. The first-order valence-corrected chi connectivity index (χ1v) is 4.26. The molecule has 0 unspecified atom stereocenters. The molecule has 0 saturated carbocycles. The van der Waals surface area contributed by atoms with Crippen LogP contribution in [0.15, 0.2) is 37.0 Å². The smallest absolute Gasteiger partial charge is 0.330 e. The highest BCUT2D eigenvalue weighted by molar-refractivity contribution is 5.81. The standard InChI is InChI=1S/C6H10.C5H8O2/c1-3-5-6-4-2;1-3-5(6)7-4-2/h3-6H,1-2H3;3H,1,4H2,2H3. The molecule has 2 nitrogen and oxygen atoms in total. The van der Waals surface area contributed by atoms with Gasteiger partial charge in [0.2, 0.25) is 0 Å². The number of hydrogen-bond acceptors (Lipinski definition) is 2. The molecule has 0 bridgehead atoms. The van der Waals surface area contributed by atoms with Gasteiger partial charge in [0.25, 0.3) is 0 Å². The van der Waals surface area contributed by atoms with Gasteiger partial charge in [-0.25, -0.2) is 4.79 Å². The van der Waals surface area contributed by atoms with Crippen LogP contribution in [0.3, 0.4) is 0 Å². The van der Waals surface area contributed by atoms with Gasteiger partial charge in [0.05, 0.1) is 6.61 Å². The number of carbonyl (C=O) groups is 1. The van der Waals surface area contributed by atoms with Gasteiger partial charge in [-0.2, -0.15) is 0 Å². The van der Waals surface area contributed by atoms with Gasteiger partial charge in [-0.3, -0.25) is 0 Å². The molecule has 0 aliphatic rings. The summed E-state index contributed by atoms with van der Waals surface area (Å²) < 4.78 is 4.43. The van der Waals surface area contributed by atoms with Gasteiger partial charge in [0, 0.05) is 6.08 Å². The molecule has 0 atom stereocenters. The highest BCUT2D eigenvalue weighted by Crippen LogP contribution is 1.74. The van der Waals surface area contributed by atoms with Gasteiger partial charge in [0.1, 0.15) is 0 Å². The van der Waals surface area contributed by atoms with Crippen molar-refractivity contribution in [3.8, 4) is 0 Å². The number of carbonyl (C=O) groups excluding carboxylic acids is 1. The number of hydrogen-bond donors (Lipinski definition) is 0. The first kappa shape index (κ1) is 14.2. The van der Waals surface area contributed by atoms with E-state index in [9.17, 15) is 4.79 Å². The summed E-state index contributed by atoms with van der Waals surface area (Å²) in [6.07, 6.45) is 9.14. The van der Waals surface area contributed by atoms with Crippen molar-refractivity contribution >= 4 is 5.97 Å². The molecular weight excluding hydrogens is 164 g/mol. The second-order valence-electron chi connectivity index (χ2n) is 2.01. The van der Waals surface area contributed by atoms with E-state index in [2.05, 4.69) is 11.3 Å². The Bertz CT molecular complexity index is 169. The van der Waals surface area contributed by atoms with Crippen LogP contribution in [0.1, 0.15) is 20.8 Å². The van der Waals surface area contributed by atoms with E-state index >= 15 is 0 Å². The zero-order valence-corrected chi connectivity index (χ0v) is 8.62. The monoisotopic (exact) mass is 182 g/mol. The average Bonchev–Trinajstić information content (AvgIpc) is 2.16. The van der Waals surface area contributed by atoms with Crippen molar-refractivity contribution in [1.29, 1.82) is 0 Å². The first-order valence-electron chi connectivity index (χ1n) is 4.26. The molecule has 0 rings (SSSR count). The van der Waals surface area contributed by atoms with Gasteiger partial charge in [-0.1, -0.05) is 30.9 Å². The van der Waals surface area contributed by atoms with Gasteiger partial charge in [-0.15, -0.1) is 0 Å². The molecule has 0 saturated heterocycles. The SMILES string of the molecule is C=CC(=O)OCC.CC=CC=CC. The quantitative estimate of drug-likeness (QED) is 0.381. The molecule has 0 spiro atoms. The van der Waals surface area contributed by atoms with E-state index in [-0.39, 0.29) is 5.97 Å². The van der Waals surface area contributed by atoms with Crippen molar-refractivity contribution in [3.05, 3.63) is 37.0 Å². The van der Waals surface area contributed by atoms with Crippen molar-refractivity contribution in [3.63, 3.8) is 0 Å². The molecule has 0 amide bonds. The predicted molar refractivity (Wildman–Crippen MR) is 56.5 cm³/mol. The molecule has 0 fully saturated rings. The van der Waals surface area contributed by atoms with Crippen molar-refractivity contribution in [2.24, 2.45) is 0 Å². The van der Waals surface area contributed by atoms with E-state index < -0.39 is 0 Å². The Labute approximate surface area is 80.6 Å². The van der Waals surface area contributed by atoms with E-state index in [0.717, 1.165) is 6.08 Å². The third-order valence-electron chi connectivity index (χ3n) is 0.949. The summed E-state index contributed by atoms with van der Waals surface area (Å²) in [6, 6.07) is 0. The highest BCUT2D eigenvalue weighted by Gasteiger charge is 1.86. The van der Waals surface area contributed by atoms with Gasteiger partial charge in [-0.05, 0) is 20.8 Å². The van der Waals surface area contributed by atoms with E-state index in [1.165, 1.54) is 0 Å². The molecule has 0 aromatic rings. The average molecular weight is 182 g/mol. The van der Waals surface area contributed by atoms with Gasteiger partial charge in [0.15, 0.2) is 0 Å². The van der Waals surface area contributed by atoms with Crippen LogP contribution in [0.5, 0.6) is 0 Å². The zero-order valence-electron chi connectivity index (χ0n) is 8.62. The molecule has 13 heavy (non-hydrogen) atoms. The summed E-state index contributed by atoms with van der Waals surface area (Å²) in [5, 5.41) is 0. The minimum Gasteiger partial charge on any atom is -0.463 e. The number of allylic oxidation sites excluding steroid dienone is 4. The molecular formula is C11H18O2. The Morgan fingerprint density at radius 2 is 1.77 bits per heavy atom. The molecule has 0 aromatic heterocycles. The Balaban J connectivity index is 0. The van der Waals surface area contributed by atoms with E-state index in [4.69, 9.17) is 0 Å². The highest BCUT2D eigenvalue weighted by atomic mass is 16.5. The summed E-state index contributed by atoms with van der Waals surface area (Å²) in [4.78, 5) is 10.1. The fourth-order valence-electron chi connectivity index (χ4n) is 0.423. The topological polar surface area (TPSA) is 26.3 Å². The minimum absolute atomic E-state index is 0.359. The fraction of sp³-hybridized carbons (Fsp3) is 0.364. The number of ether oxygens (including phenoxy) is 1. The maximum atomic E-state index is 10.1. The van der Waals surface area contributed by atoms with Gasteiger partial charge < -0.3 is 4.74 Å². The third-order valence-corrected chi connectivity index (χ3v) is 0.949. The van der Waals surface area contributed by atoms with Crippen LogP contribution in [0.25, 0.3) is 0 Å². The van der Waals surface area contributed by atoms with Crippen LogP contribution in [0.2, 0.25) is 0 Å². The molecule has 0 aliphatic heterocycles. The Morgan fingerprint density at radius 1 is 1.31 bits per heavy atom. The van der Waals surface area contributed by atoms with Crippen molar-refractivity contribution < 1.29 is 9.53 Å². The van der Waals surface area contributed by atoms with Crippen LogP contribution in [-0.4, -0.2) is 12.6 Å². The Kier molecular flexibility index (Phi) is 14.5. The third kappa shape index (κ3) is 18.0. The van der Waals surface area contributed by atoms with Crippen molar-refractivity contribution in [1.82, 2.24) is 0 Å². The normalized spacial score (nSPS) is 9.46. The maximum Gasteiger partial charge on any atom is 0.330 e. The van der Waals surface area contributed by atoms with Crippen molar-refractivity contribution in [2.45, 2.75) is 20.8 Å². The maximum absolute atomic E-state index is 10.1. The molecule has 0 radical (unpaired) electrons. The summed E-state index contributed by atoms with van der Waals surface area (Å²) in [5.74, 6) is -0.359. The van der Waals surface area contributed by atoms with Crippen LogP contribution in [0.4, 0.5) is 0 Å². The Hall–Kier alpha value is -1.31. The molecule has 0 heterocycles. The molecule has 0 aliphatic carbocycles. The summed E-state index contributed by atoms with van der Waals surface area (Å²) in [7, 11) is 0. The van der Waals surface area contributed by atoms with E-state index in [0.29, 0.717) is 6.61 Å². The van der Waals surface area contributed by atoms with Crippen molar-refractivity contribution in [2.75, 3.05) is 6.61 Å². The first-order chi connectivity index (χ1) is 6.22. The largest absolute Gasteiger partial charge is 0.463 e. The number of rotatable bonds is 3. The molecule has 0 aromatic carbocycles. The van der Waals surface area contributed by atoms with E-state index in [1.807, 2.05) is 38.2 Å². The summed E-state index contributed by atoms with van der Waals surface area (Å²) in [5.41, 5.74) is 0. The lowest BCUT2D eigenvalue weighted by Crippen LogP contribution is -1.97. The number of esters is 1. The predicted octanol–water partition coefficient (Wildman–Crippen LogP) is 2.87. The minimum atomic E-state index is -0.359. The van der Waals surface area contributed by atoms with Crippen LogP contribution < -0.4 is 0 Å². The second kappa shape index (κ2) is 13.3. The lowest BCUT2D eigenvalue weighted by Gasteiger charge is -1.90. The summed E-state index contributed by atoms with van der Waals surface area (Å²) >= 11 is 0. The molecule has 0 N–H and O–H groups in total. The summed E-state index contributed by atoms with van der Waals surface area (Å²) in [6.45, 7) is 9.38. The van der Waals surface area contributed by atoms with Gasteiger partial charge >= 0.3 is 5.97 Å². The van der Waals surface area contributed by atoms with Crippen LogP contribution in [-0.2, 0) is 9.53 Å². The van der Waals surface area contributed by atoms with E-state index in [1.54, 1.807) is 6.92 Å². The second-order valence-corrected chi connectivity index (χ2v) is 2.01. The molecule has 2 heteroatoms. The lowest BCUT2D eigenvalue weighted by molar-refractivity contribution is -0.137. The van der Waals surface area contributed by atoms with Crippen LogP contribution in [0, 0.1) is 0 Å². The fourth-order valence-corrected chi connectivity index (χ4v) is 0.423. The zero-order chi connectivity index (χ0) is 10.5. The molecule has 74 valence electrons.